The highest BCUT2D eigenvalue weighted by atomic mass is 16.6. The Morgan fingerprint density at radius 1 is 1.13 bits per heavy atom. The molecule has 2 aliphatic heterocycles. The third kappa shape index (κ3) is 5.06. The smallest absolute Gasteiger partial charge is 0.319 e. The van der Waals surface area contributed by atoms with Crippen LogP contribution in [0.1, 0.15) is 30.0 Å². The minimum absolute atomic E-state index is 0.0803. The summed E-state index contributed by atoms with van der Waals surface area (Å²) in [6, 6.07) is 16.1. The van der Waals surface area contributed by atoms with Crippen molar-refractivity contribution in [3.8, 4) is 5.75 Å². The van der Waals surface area contributed by atoms with Gasteiger partial charge in [-0.15, -0.1) is 0 Å². The SMILES string of the molecule is C=C1NC(=O)NC(c2ccccc2OCc2ccccc2)C1C(=O)OCC1CCCO1. The quantitative estimate of drug-likeness (QED) is 0.668. The molecule has 4 rings (SSSR count). The molecular weight excluding hydrogens is 396 g/mol. The van der Waals surface area contributed by atoms with Crippen LogP contribution in [0.15, 0.2) is 66.9 Å². The Bertz CT molecular complexity index is 940. The van der Waals surface area contributed by atoms with E-state index in [1.165, 1.54) is 0 Å². The molecule has 2 aliphatic rings. The van der Waals surface area contributed by atoms with Crippen molar-refractivity contribution >= 4 is 12.0 Å². The Balaban J connectivity index is 1.53. The van der Waals surface area contributed by atoms with Gasteiger partial charge in [0.2, 0.25) is 0 Å². The first-order valence-corrected chi connectivity index (χ1v) is 10.4. The first-order valence-electron chi connectivity index (χ1n) is 10.4. The molecule has 0 radical (unpaired) electrons. The number of esters is 1. The number of benzene rings is 2. The first kappa shape index (κ1) is 20.9. The summed E-state index contributed by atoms with van der Waals surface area (Å²) in [7, 11) is 0. The second-order valence-electron chi connectivity index (χ2n) is 7.66. The highest BCUT2D eigenvalue weighted by Crippen LogP contribution is 2.36. The fraction of sp³-hybridized carbons (Fsp3) is 0.333. The Kier molecular flexibility index (Phi) is 6.52. The Morgan fingerprint density at radius 3 is 2.68 bits per heavy atom. The normalized spacial score (nSPS) is 23.0. The van der Waals surface area contributed by atoms with Gasteiger partial charge in [-0.25, -0.2) is 4.79 Å². The lowest BCUT2D eigenvalue weighted by Crippen LogP contribution is -2.51. The van der Waals surface area contributed by atoms with Crippen molar-refractivity contribution in [2.24, 2.45) is 5.92 Å². The minimum Gasteiger partial charge on any atom is -0.489 e. The Morgan fingerprint density at radius 2 is 1.90 bits per heavy atom. The molecule has 2 heterocycles. The van der Waals surface area contributed by atoms with Gasteiger partial charge in [0.15, 0.2) is 0 Å². The number of hydrogen-bond acceptors (Lipinski definition) is 5. The van der Waals surface area contributed by atoms with E-state index < -0.39 is 24.0 Å². The van der Waals surface area contributed by atoms with Crippen molar-refractivity contribution < 1.29 is 23.8 Å². The van der Waals surface area contributed by atoms with Crippen molar-refractivity contribution in [3.63, 3.8) is 0 Å². The molecule has 0 saturated carbocycles. The van der Waals surface area contributed by atoms with E-state index >= 15 is 0 Å². The molecule has 7 nitrogen and oxygen atoms in total. The lowest BCUT2D eigenvalue weighted by molar-refractivity contribution is -0.151. The molecule has 0 aromatic heterocycles. The van der Waals surface area contributed by atoms with Crippen LogP contribution in [0.25, 0.3) is 0 Å². The first-order chi connectivity index (χ1) is 15.1. The van der Waals surface area contributed by atoms with Gasteiger partial charge in [-0.1, -0.05) is 55.1 Å². The Hall–Kier alpha value is -3.32. The molecule has 31 heavy (non-hydrogen) atoms. The number of carbonyl (C=O) groups excluding carboxylic acids is 2. The third-order valence-corrected chi connectivity index (χ3v) is 5.45. The van der Waals surface area contributed by atoms with Crippen LogP contribution in [-0.2, 0) is 20.9 Å². The fourth-order valence-corrected chi connectivity index (χ4v) is 3.87. The van der Waals surface area contributed by atoms with Gasteiger partial charge in [-0.2, -0.15) is 0 Å². The van der Waals surface area contributed by atoms with E-state index in [4.69, 9.17) is 14.2 Å². The second-order valence-corrected chi connectivity index (χ2v) is 7.66. The van der Waals surface area contributed by atoms with Crippen LogP contribution in [0.4, 0.5) is 4.79 Å². The van der Waals surface area contributed by atoms with E-state index in [1.807, 2.05) is 54.6 Å². The summed E-state index contributed by atoms with van der Waals surface area (Å²) in [4.78, 5) is 25.2. The molecule has 2 aromatic rings. The molecule has 2 fully saturated rings. The van der Waals surface area contributed by atoms with Gasteiger partial charge >= 0.3 is 12.0 Å². The number of carbonyl (C=O) groups is 2. The summed E-state index contributed by atoms with van der Waals surface area (Å²) in [6.07, 6.45) is 1.75. The molecule has 0 spiro atoms. The summed E-state index contributed by atoms with van der Waals surface area (Å²) in [5.41, 5.74) is 2.00. The van der Waals surface area contributed by atoms with Gasteiger partial charge in [0, 0.05) is 17.9 Å². The minimum atomic E-state index is -0.791. The molecule has 7 heteroatoms. The fourth-order valence-electron chi connectivity index (χ4n) is 3.87. The van der Waals surface area contributed by atoms with Gasteiger partial charge in [0.1, 0.15) is 24.9 Å². The number of amides is 2. The third-order valence-electron chi connectivity index (χ3n) is 5.45. The van der Waals surface area contributed by atoms with Crippen LogP contribution < -0.4 is 15.4 Å². The molecule has 0 bridgehead atoms. The summed E-state index contributed by atoms with van der Waals surface area (Å²) >= 11 is 0. The lowest BCUT2D eigenvalue weighted by atomic mass is 9.88. The van der Waals surface area contributed by atoms with Crippen LogP contribution in [0, 0.1) is 5.92 Å². The molecule has 2 aromatic carbocycles. The van der Waals surface area contributed by atoms with E-state index in [9.17, 15) is 9.59 Å². The van der Waals surface area contributed by atoms with Crippen LogP contribution in [-0.4, -0.2) is 31.3 Å². The topological polar surface area (TPSA) is 85.9 Å². The van der Waals surface area contributed by atoms with E-state index in [-0.39, 0.29) is 12.7 Å². The zero-order valence-corrected chi connectivity index (χ0v) is 17.2. The standard InChI is InChI=1S/C24H26N2O5/c1-16-21(23(27)31-15-18-10-7-13-29-18)22(26-24(28)25-16)19-11-5-6-12-20(19)30-14-17-8-3-2-4-9-17/h2-6,8-9,11-12,18,21-22H,1,7,10,13-15H2,(H2,25,26,28). The van der Waals surface area contributed by atoms with Crippen LogP contribution in [0.2, 0.25) is 0 Å². The number of hydrogen-bond donors (Lipinski definition) is 2. The predicted molar refractivity (Wildman–Crippen MR) is 114 cm³/mol. The maximum absolute atomic E-state index is 13.0. The zero-order chi connectivity index (χ0) is 21.6. The summed E-state index contributed by atoms with van der Waals surface area (Å²) in [5.74, 6) is -0.667. The van der Waals surface area contributed by atoms with Gasteiger partial charge in [0.05, 0.1) is 12.1 Å². The van der Waals surface area contributed by atoms with Crippen LogP contribution >= 0.6 is 0 Å². The van der Waals surface area contributed by atoms with E-state index in [1.54, 1.807) is 0 Å². The van der Waals surface area contributed by atoms with Crippen molar-refractivity contribution in [3.05, 3.63) is 78.0 Å². The lowest BCUT2D eigenvalue weighted by Gasteiger charge is -2.34. The molecule has 0 aliphatic carbocycles. The average Bonchev–Trinajstić information content (AvgIpc) is 3.30. The number of ether oxygens (including phenoxy) is 3. The maximum atomic E-state index is 13.0. The van der Waals surface area contributed by atoms with Gasteiger partial charge in [-0.05, 0) is 24.5 Å². The zero-order valence-electron chi connectivity index (χ0n) is 17.2. The highest BCUT2D eigenvalue weighted by molar-refractivity contribution is 5.85. The van der Waals surface area contributed by atoms with Gasteiger partial charge in [0.25, 0.3) is 0 Å². The molecule has 2 amide bonds. The molecule has 3 unspecified atom stereocenters. The number of urea groups is 1. The molecule has 162 valence electrons. The highest BCUT2D eigenvalue weighted by Gasteiger charge is 2.40. The van der Waals surface area contributed by atoms with E-state index in [0.29, 0.717) is 30.2 Å². The van der Waals surface area contributed by atoms with E-state index in [0.717, 1.165) is 18.4 Å². The largest absolute Gasteiger partial charge is 0.489 e. The monoisotopic (exact) mass is 422 g/mol. The molecule has 2 saturated heterocycles. The summed E-state index contributed by atoms with van der Waals surface area (Å²) in [5, 5.41) is 5.44. The molecule has 2 N–H and O–H groups in total. The van der Waals surface area contributed by atoms with Crippen molar-refractivity contribution in [1.29, 1.82) is 0 Å². The maximum Gasteiger partial charge on any atom is 0.319 e. The van der Waals surface area contributed by atoms with Crippen LogP contribution in [0.5, 0.6) is 5.75 Å². The average molecular weight is 422 g/mol. The predicted octanol–water partition coefficient (Wildman–Crippen LogP) is 3.47. The summed E-state index contributed by atoms with van der Waals surface area (Å²) < 4.78 is 17.1. The number of rotatable bonds is 7. The van der Waals surface area contributed by atoms with Crippen molar-refractivity contribution in [2.75, 3.05) is 13.2 Å². The second kappa shape index (κ2) is 9.66. The Labute approximate surface area is 181 Å². The van der Waals surface area contributed by atoms with E-state index in [2.05, 4.69) is 17.2 Å². The van der Waals surface area contributed by atoms with Gasteiger partial charge in [-0.3, -0.25) is 4.79 Å². The number of nitrogens with one attached hydrogen (secondary N) is 2. The van der Waals surface area contributed by atoms with Crippen LogP contribution in [0.3, 0.4) is 0 Å². The van der Waals surface area contributed by atoms with Crippen molar-refractivity contribution in [2.45, 2.75) is 31.6 Å². The molecular formula is C24H26N2O5. The molecule has 3 atom stereocenters. The number of para-hydroxylation sites is 1. The van der Waals surface area contributed by atoms with Gasteiger partial charge < -0.3 is 24.8 Å². The van der Waals surface area contributed by atoms with Crippen molar-refractivity contribution in [1.82, 2.24) is 10.6 Å². The summed E-state index contributed by atoms with van der Waals surface area (Å²) in [6.45, 7) is 5.14.